The number of benzene rings is 1. The molecule has 2 atom stereocenters. The Hall–Kier alpha value is -1.40. The molecule has 2 unspecified atom stereocenters. The Morgan fingerprint density at radius 3 is 2.15 bits per heavy atom. The summed E-state index contributed by atoms with van der Waals surface area (Å²) in [5.74, 6) is -2.93. The fraction of sp³-hybridized carbons (Fsp3) is 0.429. The van der Waals surface area contributed by atoms with Gasteiger partial charge in [-0.3, -0.25) is 9.59 Å². The van der Waals surface area contributed by atoms with Crippen LogP contribution in [-0.2, 0) is 14.3 Å². The fourth-order valence-corrected chi connectivity index (χ4v) is 1.93. The van der Waals surface area contributed by atoms with Crippen LogP contribution in [0.2, 0.25) is 0 Å². The van der Waals surface area contributed by atoms with Crippen molar-refractivity contribution < 1.29 is 19.4 Å². The normalized spacial score (nSPS) is 14.4. The second-order valence-corrected chi connectivity index (χ2v) is 6.34. The van der Waals surface area contributed by atoms with Gasteiger partial charge in [0.1, 0.15) is 17.6 Å². The number of carboxylic acid groups (broad SMARTS) is 1. The molecule has 0 radical (unpaired) electrons. The topological polar surface area (TPSA) is 89.6 Å². The van der Waals surface area contributed by atoms with Crippen LogP contribution in [0.15, 0.2) is 28.7 Å². The summed E-state index contributed by atoms with van der Waals surface area (Å²) in [7, 11) is 0. The van der Waals surface area contributed by atoms with Crippen LogP contribution in [0.1, 0.15) is 32.3 Å². The maximum absolute atomic E-state index is 12.2. The smallest absolute Gasteiger partial charge is 0.321 e. The Labute approximate surface area is 126 Å². The lowest BCUT2D eigenvalue weighted by molar-refractivity contribution is -0.160. The lowest BCUT2D eigenvalue weighted by atomic mass is 9.92. The number of aliphatic carboxylic acids is 1. The van der Waals surface area contributed by atoms with E-state index >= 15 is 0 Å². The molecule has 1 aromatic carbocycles. The van der Waals surface area contributed by atoms with E-state index in [1.807, 2.05) is 0 Å². The Balaban J connectivity index is 3.12. The predicted octanol–water partition coefficient (Wildman–Crippen LogP) is 2.29. The minimum atomic E-state index is -1.36. The van der Waals surface area contributed by atoms with Crippen molar-refractivity contribution >= 4 is 27.9 Å². The number of carbonyl (C=O) groups is 2. The van der Waals surface area contributed by atoms with Gasteiger partial charge in [0.25, 0.3) is 0 Å². The van der Waals surface area contributed by atoms with Crippen LogP contribution in [0.25, 0.3) is 0 Å². The van der Waals surface area contributed by atoms with E-state index in [0.29, 0.717) is 5.56 Å². The zero-order valence-corrected chi connectivity index (χ0v) is 13.2. The van der Waals surface area contributed by atoms with Gasteiger partial charge in [0, 0.05) is 4.47 Å². The summed E-state index contributed by atoms with van der Waals surface area (Å²) < 4.78 is 6.09. The van der Waals surface area contributed by atoms with Gasteiger partial charge < -0.3 is 15.6 Å². The molecule has 0 aliphatic heterocycles. The highest BCUT2D eigenvalue weighted by Gasteiger charge is 2.35. The minimum absolute atomic E-state index is 0.511. The van der Waals surface area contributed by atoms with Gasteiger partial charge in [-0.1, -0.05) is 28.1 Å². The molecule has 0 aromatic heterocycles. The van der Waals surface area contributed by atoms with Crippen LogP contribution in [0.3, 0.4) is 0 Å². The maximum Gasteiger partial charge on any atom is 0.321 e. The number of carboxylic acids is 1. The van der Waals surface area contributed by atoms with Gasteiger partial charge in [-0.15, -0.1) is 0 Å². The second kappa shape index (κ2) is 6.37. The zero-order chi connectivity index (χ0) is 15.5. The van der Waals surface area contributed by atoms with Crippen molar-refractivity contribution in [1.82, 2.24) is 0 Å². The Morgan fingerprint density at radius 1 is 1.25 bits per heavy atom. The molecular weight excluding hydrogens is 326 g/mol. The summed E-state index contributed by atoms with van der Waals surface area (Å²) in [6.45, 7) is 5.15. The third-order valence-corrected chi connectivity index (χ3v) is 3.06. The molecule has 5 nitrogen and oxygen atoms in total. The lowest BCUT2D eigenvalue weighted by Gasteiger charge is -2.26. The van der Waals surface area contributed by atoms with Crippen molar-refractivity contribution in [2.24, 2.45) is 5.73 Å². The summed E-state index contributed by atoms with van der Waals surface area (Å²) in [4.78, 5) is 23.3. The zero-order valence-electron chi connectivity index (χ0n) is 11.6. The van der Waals surface area contributed by atoms with Crippen molar-refractivity contribution in [2.45, 2.75) is 38.3 Å². The molecule has 3 N–H and O–H groups in total. The molecule has 0 heterocycles. The molecule has 0 amide bonds. The second-order valence-electron chi connectivity index (χ2n) is 5.43. The van der Waals surface area contributed by atoms with Crippen molar-refractivity contribution in [3.63, 3.8) is 0 Å². The standard InChI is InChI=1S/C14H18BrNO4/c1-14(2,3)20-13(19)10(11(16)12(17)18)8-4-6-9(15)7-5-8/h4-7,10-11H,16H2,1-3H3,(H,17,18). The number of nitrogens with two attached hydrogens (primary N) is 1. The van der Waals surface area contributed by atoms with E-state index in [2.05, 4.69) is 15.9 Å². The number of rotatable bonds is 4. The molecule has 1 rings (SSSR count). The number of halogens is 1. The third kappa shape index (κ3) is 4.61. The van der Waals surface area contributed by atoms with Gasteiger partial charge in [0.2, 0.25) is 0 Å². The monoisotopic (exact) mass is 343 g/mol. The molecule has 0 bridgehead atoms. The average molecular weight is 344 g/mol. The first-order valence-electron chi connectivity index (χ1n) is 6.08. The fourth-order valence-electron chi connectivity index (χ4n) is 1.67. The van der Waals surface area contributed by atoms with Crippen molar-refractivity contribution in [3.05, 3.63) is 34.3 Å². The van der Waals surface area contributed by atoms with Crippen molar-refractivity contribution in [3.8, 4) is 0 Å². The lowest BCUT2D eigenvalue weighted by Crippen LogP contribution is -2.42. The first kappa shape index (κ1) is 16.7. The highest BCUT2D eigenvalue weighted by Crippen LogP contribution is 2.25. The summed E-state index contributed by atoms with van der Waals surface area (Å²) in [5.41, 5.74) is 5.44. The van der Waals surface area contributed by atoms with Gasteiger partial charge in [0.05, 0.1) is 0 Å². The molecule has 1 aromatic rings. The van der Waals surface area contributed by atoms with Crippen molar-refractivity contribution in [1.29, 1.82) is 0 Å². The highest BCUT2D eigenvalue weighted by molar-refractivity contribution is 9.10. The number of hydrogen-bond acceptors (Lipinski definition) is 4. The van der Waals surface area contributed by atoms with Gasteiger partial charge >= 0.3 is 11.9 Å². The molecule has 0 fully saturated rings. The van der Waals surface area contributed by atoms with E-state index in [0.717, 1.165) is 4.47 Å². The van der Waals surface area contributed by atoms with E-state index < -0.39 is 29.5 Å². The molecule has 20 heavy (non-hydrogen) atoms. The Morgan fingerprint density at radius 2 is 1.75 bits per heavy atom. The molecule has 110 valence electrons. The molecule has 0 aliphatic rings. The van der Waals surface area contributed by atoms with Gasteiger partial charge in [-0.05, 0) is 38.5 Å². The highest BCUT2D eigenvalue weighted by atomic mass is 79.9. The molecule has 0 spiro atoms. The van der Waals surface area contributed by atoms with Gasteiger partial charge in [-0.2, -0.15) is 0 Å². The van der Waals surface area contributed by atoms with Gasteiger partial charge in [0.15, 0.2) is 0 Å². The minimum Gasteiger partial charge on any atom is -0.480 e. The molecule has 0 saturated heterocycles. The van der Waals surface area contributed by atoms with Crippen LogP contribution in [0.4, 0.5) is 0 Å². The van der Waals surface area contributed by atoms with Crippen molar-refractivity contribution in [2.75, 3.05) is 0 Å². The van der Waals surface area contributed by atoms with E-state index in [-0.39, 0.29) is 0 Å². The maximum atomic E-state index is 12.2. The average Bonchev–Trinajstić information content (AvgIpc) is 2.29. The molecule has 0 aliphatic carbocycles. The van der Waals surface area contributed by atoms with E-state index in [4.69, 9.17) is 15.6 Å². The quantitative estimate of drug-likeness (QED) is 0.818. The Bertz CT molecular complexity index is 493. The largest absolute Gasteiger partial charge is 0.480 e. The van der Waals surface area contributed by atoms with Crippen LogP contribution in [-0.4, -0.2) is 28.7 Å². The van der Waals surface area contributed by atoms with Gasteiger partial charge in [-0.25, -0.2) is 0 Å². The molecular formula is C14H18BrNO4. The number of esters is 1. The molecule has 6 heteroatoms. The molecule has 0 saturated carbocycles. The number of hydrogen-bond donors (Lipinski definition) is 2. The summed E-state index contributed by atoms with van der Waals surface area (Å²) >= 11 is 3.28. The predicted molar refractivity (Wildman–Crippen MR) is 78.3 cm³/mol. The van der Waals surface area contributed by atoms with E-state index in [1.54, 1.807) is 45.0 Å². The van der Waals surface area contributed by atoms with E-state index in [9.17, 15) is 9.59 Å². The first-order valence-corrected chi connectivity index (χ1v) is 6.88. The third-order valence-electron chi connectivity index (χ3n) is 2.53. The van der Waals surface area contributed by atoms with Crippen LogP contribution >= 0.6 is 15.9 Å². The summed E-state index contributed by atoms with van der Waals surface area (Å²) in [6, 6.07) is 5.40. The SMILES string of the molecule is CC(C)(C)OC(=O)C(c1ccc(Br)cc1)C(N)C(=O)O. The number of ether oxygens (including phenoxy) is 1. The van der Waals surface area contributed by atoms with Crippen LogP contribution < -0.4 is 5.73 Å². The Kier molecular flexibility index (Phi) is 5.30. The first-order chi connectivity index (χ1) is 9.11. The summed E-state index contributed by atoms with van der Waals surface area (Å²) in [6.07, 6.45) is 0. The van der Waals surface area contributed by atoms with Crippen LogP contribution in [0.5, 0.6) is 0 Å². The van der Waals surface area contributed by atoms with E-state index in [1.165, 1.54) is 0 Å². The number of carbonyl (C=O) groups excluding carboxylic acids is 1. The van der Waals surface area contributed by atoms with Crippen LogP contribution in [0, 0.1) is 0 Å². The summed E-state index contributed by atoms with van der Waals surface area (Å²) in [5, 5.41) is 9.07.